The van der Waals surface area contributed by atoms with Crippen LogP contribution in [0, 0.1) is 17.8 Å². The van der Waals surface area contributed by atoms with E-state index in [-0.39, 0.29) is 37.1 Å². The van der Waals surface area contributed by atoms with Crippen molar-refractivity contribution in [3.63, 3.8) is 0 Å². The van der Waals surface area contributed by atoms with E-state index < -0.39 is 48.1 Å². The van der Waals surface area contributed by atoms with Crippen LogP contribution in [0.25, 0.3) is 0 Å². The van der Waals surface area contributed by atoms with Crippen LogP contribution in [0.3, 0.4) is 0 Å². The second-order valence-electron chi connectivity index (χ2n) is 14.6. The number of carboxylic acids is 1. The Hall–Kier alpha value is -3.55. The van der Waals surface area contributed by atoms with Crippen LogP contribution in [0.5, 0.6) is 0 Å². The summed E-state index contributed by atoms with van der Waals surface area (Å²) in [5.74, 6) is -2.18. The van der Waals surface area contributed by atoms with E-state index in [0.29, 0.717) is 37.4 Å². The number of nitrogens with zero attached hydrogens (tertiary/aromatic N) is 3. The number of amides is 4. The predicted molar refractivity (Wildman–Crippen MR) is 217 cm³/mol. The summed E-state index contributed by atoms with van der Waals surface area (Å²) in [5.41, 5.74) is 0.613. The molecule has 1 aliphatic rings. The summed E-state index contributed by atoms with van der Waals surface area (Å²) in [4.78, 5) is 67.8. The lowest BCUT2D eigenvalue weighted by molar-refractivity contribution is -0.146. The molecule has 1 rings (SSSR count). The number of allylic oxidation sites excluding steroid dienone is 3. The number of carboxylic acid groups (broad SMARTS) is 1. The fraction of sp³-hybridized carbons (Fsp3) is 0.732. The lowest BCUT2D eigenvalue weighted by Gasteiger charge is -2.39. The van der Waals surface area contributed by atoms with Crippen LogP contribution in [0.2, 0.25) is 0 Å². The van der Waals surface area contributed by atoms with E-state index in [0.717, 1.165) is 12.3 Å². The van der Waals surface area contributed by atoms with Crippen molar-refractivity contribution in [3.05, 3.63) is 37.0 Å². The molecule has 0 bridgehead atoms. The molecule has 0 aromatic heterocycles. The van der Waals surface area contributed by atoms with Gasteiger partial charge in [-0.15, -0.1) is 0 Å². The van der Waals surface area contributed by atoms with Crippen LogP contribution in [0.15, 0.2) is 37.0 Å². The number of methoxy groups -OCH3 is 2. The number of carbonyl (C=O) groups excluding carboxylic acids is 4. The number of nitrogens with one attached hydrogen (secondary N) is 2. The van der Waals surface area contributed by atoms with Gasteiger partial charge in [-0.1, -0.05) is 92.7 Å². The summed E-state index contributed by atoms with van der Waals surface area (Å²) in [7, 11) is 8.84. The van der Waals surface area contributed by atoms with Crippen LogP contribution < -0.4 is 10.6 Å². The summed E-state index contributed by atoms with van der Waals surface area (Å²) in [6.07, 6.45) is 7.16. The molecule has 1 heterocycles. The van der Waals surface area contributed by atoms with Crippen LogP contribution in [-0.4, -0.2) is 135 Å². The van der Waals surface area contributed by atoms with Crippen molar-refractivity contribution in [2.75, 3.05) is 48.5 Å². The van der Waals surface area contributed by atoms with Gasteiger partial charge >= 0.3 is 5.97 Å². The van der Waals surface area contributed by atoms with E-state index in [9.17, 15) is 29.1 Å². The first-order chi connectivity index (χ1) is 25.4. The van der Waals surface area contributed by atoms with Crippen molar-refractivity contribution in [3.8, 4) is 0 Å². The zero-order valence-electron chi connectivity index (χ0n) is 35.7. The maximum atomic E-state index is 13.7. The lowest BCUT2D eigenvalue weighted by atomic mass is 9.90. The van der Waals surface area contributed by atoms with E-state index in [1.807, 2.05) is 13.8 Å². The van der Waals surface area contributed by atoms with Crippen LogP contribution in [0.1, 0.15) is 93.9 Å². The first-order valence-electron chi connectivity index (χ1n) is 19.3. The lowest BCUT2D eigenvalue weighted by Crippen LogP contribution is -2.54. The van der Waals surface area contributed by atoms with Gasteiger partial charge in [-0.3, -0.25) is 19.2 Å². The second-order valence-corrected chi connectivity index (χ2v) is 14.6. The van der Waals surface area contributed by atoms with Gasteiger partial charge in [-0.25, -0.2) is 4.79 Å². The van der Waals surface area contributed by atoms with Gasteiger partial charge in [0, 0.05) is 40.3 Å². The fourth-order valence-corrected chi connectivity index (χ4v) is 6.29. The summed E-state index contributed by atoms with van der Waals surface area (Å²) in [5, 5.41) is 14.7. The zero-order valence-corrected chi connectivity index (χ0v) is 35.7. The quantitative estimate of drug-likeness (QED) is 0.103. The molecule has 0 aromatic rings. The number of likely N-dealkylation sites (tertiary alicyclic amines) is 1. The average Bonchev–Trinajstić information content (AvgIpc) is 3.62. The minimum atomic E-state index is -1.18. The molecule has 1 aliphatic heterocycles. The summed E-state index contributed by atoms with van der Waals surface area (Å²) < 4.78 is 11.5. The standard InChI is InChI=1S/C31H50N4O8.C7H17N.C3H8/c1-9-13-22(11-3)16-23(31(40)41)33-30(39)21(5)29(43-8)24-14-12-15-35(24)26(37)17-25(42-7)28(20(4)10-2)34(6)27(38)18-32-19-36;1-6(2)7(3)8(4)5;1-3-2/h9,11,13,19-21,23-25,28-29H,1,3,10,12,14-18H2,2,4-8H3,(H,32,36)(H,33,39)(H,40,41);6-7H,1-5H3;3H2,1-2H3/b22-13+;;. The summed E-state index contributed by atoms with van der Waals surface area (Å²) in [6.45, 7) is 24.2. The first-order valence-corrected chi connectivity index (χ1v) is 19.3. The molecule has 3 N–H and O–H groups in total. The minimum absolute atomic E-state index is 0.00119. The largest absolute Gasteiger partial charge is 0.480 e. The highest BCUT2D eigenvalue weighted by atomic mass is 16.5. The van der Waals surface area contributed by atoms with E-state index in [2.05, 4.69) is 77.4 Å². The first kappa shape index (κ1) is 52.6. The molecule has 1 saturated heterocycles. The number of aliphatic carboxylic acids is 1. The van der Waals surface area contributed by atoms with Gasteiger partial charge in [0.05, 0.1) is 43.2 Å². The monoisotopic (exact) mass is 766 g/mol. The van der Waals surface area contributed by atoms with Gasteiger partial charge in [0.15, 0.2) is 0 Å². The zero-order chi connectivity index (χ0) is 42.1. The maximum Gasteiger partial charge on any atom is 0.326 e. The molecule has 54 heavy (non-hydrogen) atoms. The highest BCUT2D eigenvalue weighted by molar-refractivity contribution is 5.86. The topological polar surface area (TPSA) is 158 Å². The number of hydrogen-bond donors (Lipinski definition) is 3. The highest BCUT2D eigenvalue weighted by Gasteiger charge is 2.42. The fourth-order valence-electron chi connectivity index (χ4n) is 6.29. The third-order valence-corrected chi connectivity index (χ3v) is 10.1. The molecule has 0 spiro atoms. The molecule has 0 radical (unpaired) electrons. The molecule has 312 valence electrons. The Balaban J connectivity index is 0. The summed E-state index contributed by atoms with van der Waals surface area (Å²) in [6, 6.07) is -1.32. The van der Waals surface area contributed by atoms with E-state index in [1.54, 1.807) is 24.9 Å². The van der Waals surface area contributed by atoms with E-state index >= 15 is 0 Å². The molecule has 0 saturated carbocycles. The molecule has 13 nitrogen and oxygen atoms in total. The third kappa shape index (κ3) is 18.2. The number of likely N-dealkylation sites (N-methyl/N-ethyl adjacent to an activating group) is 1. The Morgan fingerprint density at radius 3 is 1.98 bits per heavy atom. The molecule has 4 amide bonds. The Morgan fingerprint density at radius 1 is 0.981 bits per heavy atom. The Labute approximate surface area is 326 Å². The average molecular weight is 766 g/mol. The van der Waals surface area contributed by atoms with Gasteiger partial charge in [0.2, 0.25) is 24.1 Å². The third-order valence-electron chi connectivity index (χ3n) is 10.1. The van der Waals surface area contributed by atoms with Crippen LogP contribution in [0.4, 0.5) is 0 Å². The molecular weight excluding hydrogens is 690 g/mol. The van der Waals surface area contributed by atoms with Crippen molar-refractivity contribution in [1.82, 2.24) is 25.3 Å². The SMILES string of the molecule is C=C/C=C(\C=C)CC(NC(=O)C(C)C(OC)C1CCCN1C(=O)CC(OC)C(C(C)CC)N(C)C(=O)CNC=O)C(=O)O.CC(C)C(C)N(C)C.CCC. The van der Waals surface area contributed by atoms with Crippen LogP contribution >= 0.6 is 0 Å². The van der Waals surface area contributed by atoms with E-state index in [1.165, 1.54) is 37.7 Å². The molecule has 0 aliphatic carbocycles. The predicted octanol–water partition coefficient (Wildman–Crippen LogP) is 4.92. The molecular formula is C41H75N5O8. The van der Waals surface area contributed by atoms with Gasteiger partial charge < -0.3 is 39.9 Å². The van der Waals surface area contributed by atoms with E-state index in [4.69, 9.17) is 9.47 Å². The number of hydrogen-bond acceptors (Lipinski definition) is 8. The molecule has 8 unspecified atom stereocenters. The number of ether oxygens (including phenoxy) is 2. The van der Waals surface area contributed by atoms with Crippen molar-refractivity contribution in [2.24, 2.45) is 17.8 Å². The minimum Gasteiger partial charge on any atom is -0.480 e. The second kappa shape index (κ2) is 28.8. The van der Waals surface area contributed by atoms with Crippen molar-refractivity contribution in [1.29, 1.82) is 0 Å². The molecule has 13 heteroatoms. The Kier molecular flexibility index (Phi) is 28.1. The van der Waals surface area contributed by atoms with Gasteiger partial charge in [0.1, 0.15) is 6.04 Å². The normalized spacial score (nSPS) is 17.9. The summed E-state index contributed by atoms with van der Waals surface area (Å²) >= 11 is 0. The maximum absolute atomic E-state index is 13.7. The van der Waals surface area contributed by atoms with Gasteiger partial charge in [-0.05, 0) is 51.3 Å². The smallest absolute Gasteiger partial charge is 0.326 e. The highest BCUT2D eigenvalue weighted by Crippen LogP contribution is 2.29. The molecule has 8 atom stereocenters. The van der Waals surface area contributed by atoms with Crippen molar-refractivity contribution in [2.45, 2.75) is 130 Å². The Bertz CT molecular complexity index is 1170. The van der Waals surface area contributed by atoms with Crippen LogP contribution in [-0.2, 0) is 33.4 Å². The Morgan fingerprint density at radius 2 is 1.57 bits per heavy atom. The van der Waals surface area contributed by atoms with Gasteiger partial charge in [-0.2, -0.15) is 0 Å². The molecule has 0 aromatic carbocycles. The van der Waals surface area contributed by atoms with Crippen molar-refractivity contribution < 1.29 is 38.6 Å². The van der Waals surface area contributed by atoms with Crippen molar-refractivity contribution >= 4 is 30.1 Å². The number of carbonyl (C=O) groups is 5. The number of rotatable bonds is 22. The van der Waals surface area contributed by atoms with Gasteiger partial charge in [0.25, 0.3) is 0 Å². The molecule has 1 fully saturated rings.